The molecule has 0 fully saturated rings. The molecule has 3 nitrogen and oxygen atoms in total. The molecule has 0 saturated heterocycles. The van der Waals surface area contributed by atoms with E-state index in [2.05, 4.69) is 0 Å². The van der Waals surface area contributed by atoms with Gasteiger partial charge in [-0.25, -0.2) is 0 Å². The standard InChI is InChI=1S/C14H21F3N2O/c1-11(2)19(10-14(15,16)17)8-5-9-20-13-7-4-3-6-12(13)18/h3-4,6-7,11H,5,8-10,18H2,1-2H3. The van der Waals surface area contributed by atoms with Crippen molar-refractivity contribution in [3.63, 3.8) is 0 Å². The van der Waals surface area contributed by atoms with Crippen molar-refractivity contribution in [3.05, 3.63) is 24.3 Å². The third-order valence-corrected chi connectivity index (χ3v) is 2.88. The molecule has 0 aliphatic rings. The van der Waals surface area contributed by atoms with Crippen molar-refractivity contribution in [3.8, 4) is 5.75 Å². The van der Waals surface area contributed by atoms with Crippen LogP contribution in [0.3, 0.4) is 0 Å². The van der Waals surface area contributed by atoms with Crippen molar-refractivity contribution >= 4 is 5.69 Å². The summed E-state index contributed by atoms with van der Waals surface area (Å²) in [4.78, 5) is 1.39. The molecule has 20 heavy (non-hydrogen) atoms. The summed E-state index contributed by atoms with van der Waals surface area (Å²) in [6, 6.07) is 6.91. The van der Waals surface area contributed by atoms with Gasteiger partial charge in [0.15, 0.2) is 0 Å². The van der Waals surface area contributed by atoms with Gasteiger partial charge in [-0.1, -0.05) is 12.1 Å². The molecule has 0 amide bonds. The number of halogens is 3. The minimum atomic E-state index is -4.17. The highest BCUT2D eigenvalue weighted by molar-refractivity contribution is 5.51. The monoisotopic (exact) mass is 290 g/mol. The molecular weight excluding hydrogens is 269 g/mol. The molecule has 0 aliphatic carbocycles. The molecule has 1 aromatic carbocycles. The summed E-state index contributed by atoms with van der Waals surface area (Å²) in [7, 11) is 0. The van der Waals surface area contributed by atoms with Gasteiger partial charge in [0.1, 0.15) is 5.75 Å². The van der Waals surface area contributed by atoms with Crippen molar-refractivity contribution < 1.29 is 17.9 Å². The van der Waals surface area contributed by atoms with Crippen molar-refractivity contribution in [2.75, 3.05) is 25.4 Å². The zero-order valence-corrected chi connectivity index (χ0v) is 11.8. The van der Waals surface area contributed by atoms with E-state index in [9.17, 15) is 13.2 Å². The average Bonchev–Trinajstić information content (AvgIpc) is 2.33. The molecule has 0 heterocycles. The number of nitrogens with two attached hydrogens (primary N) is 1. The quantitative estimate of drug-likeness (QED) is 0.618. The zero-order valence-electron chi connectivity index (χ0n) is 11.8. The molecule has 0 atom stereocenters. The molecule has 1 rings (SSSR count). The minimum absolute atomic E-state index is 0.154. The summed E-state index contributed by atoms with van der Waals surface area (Å²) < 4.78 is 42.7. The smallest absolute Gasteiger partial charge is 0.401 e. The van der Waals surface area contributed by atoms with Crippen LogP contribution in [0.2, 0.25) is 0 Å². The first-order chi connectivity index (χ1) is 9.29. The number of nitrogens with zero attached hydrogens (tertiary/aromatic N) is 1. The summed E-state index contributed by atoms with van der Waals surface area (Å²) in [5, 5.41) is 0. The predicted octanol–water partition coefficient (Wildman–Crippen LogP) is 3.31. The van der Waals surface area contributed by atoms with Crippen molar-refractivity contribution in [1.82, 2.24) is 4.90 Å². The van der Waals surface area contributed by atoms with Gasteiger partial charge in [-0.05, 0) is 32.4 Å². The molecule has 0 unspecified atom stereocenters. The number of benzene rings is 1. The highest BCUT2D eigenvalue weighted by Gasteiger charge is 2.31. The van der Waals surface area contributed by atoms with Crippen LogP contribution >= 0.6 is 0 Å². The van der Waals surface area contributed by atoms with Crippen molar-refractivity contribution in [2.24, 2.45) is 0 Å². The van der Waals surface area contributed by atoms with E-state index in [0.29, 0.717) is 31.0 Å². The normalized spacial score (nSPS) is 12.2. The Bertz CT molecular complexity index is 408. The second-order valence-corrected chi connectivity index (χ2v) is 4.92. The number of para-hydroxylation sites is 2. The summed E-state index contributed by atoms with van der Waals surface area (Å²) in [5.41, 5.74) is 6.24. The summed E-state index contributed by atoms with van der Waals surface area (Å²) >= 11 is 0. The van der Waals surface area contributed by atoms with E-state index < -0.39 is 12.7 Å². The van der Waals surface area contributed by atoms with E-state index >= 15 is 0 Å². The molecular formula is C14H21F3N2O. The number of ether oxygens (including phenoxy) is 1. The number of hydrogen-bond acceptors (Lipinski definition) is 3. The minimum Gasteiger partial charge on any atom is -0.491 e. The van der Waals surface area contributed by atoms with Crippen LogP contribution in [-0.2, 0) is 0 Å². The fourth-order valence-corrected chi connectivity index (χ4v) is 1.81. The molecule has 0 saturated carbocycles. The molecule has 0 bridgehead atoms. The van der Waals surface area contributed by atoms with Gasteiger partial charge in [0, 0.05) is 12.6 Å². The topological polar surface area (TPSA) is 38.5 Å². The van der Waals surface area contributed by atoms with Crippen LogP contribution in [-0.4, -0.2) is 36.8 Å². The number of alkyl halides is 3. The van der Waals surface area contributed by atoms with Crippen LogP contribution in [0.5, 0.6) is 5.75 Å². The largest absolute Gasteiger partial charge is 0.491 e. The van der Waals surface area contributed by atoms with E-state index in [1.165, 1.54) is 4.90 Å². The first-order valence-corrected chi connectivity index (χ1v) is 6.57. The van der Waals surface area contributed by atoms with Gasteiger partial charge < -0.3 is 10.5 Å². The second-order valence-electron chi connectivity index (χ2n) is 4.92. The van der Waals surface area contributed by atoms with Gasteiger partial charge in [0.05, 0.1) is 18.8 Å². The SMILES string of the molecule is CC(C)N(CCCOc1ccccc1N)CC(F)(F)F. The first kappa shape index (κ1) is 16.6. The Kier molecular flexibility index (Phi) is 6.13. The molecule has 0 spiro atoms. The second kappa shape index (κ2) is 7.38. The highest BCUT2D eigenvalue weighted by Crippen LogP contribution is 2.20. The number of rotatable bonds is 7. The third-order valence-electron chi connectivity index (χ3n) is 2.88. The summed E-state index contributed by atoms with van der Waals surface area (Å²) in [6.07, 6.45) is -3.66. The van der Waals surface area contributed by atoms with E-state index in [-0.39, 0.29) is 6.04 Å². The van der Waals surface area contributed by atoms with Crippen molar-refractivity contribution in [1.29, 1.82) is 0 Å². The Hall–Kier alpha value is -1.43. The van der Waals surface area contributed by atoms with Gasteiger partial charge in [-0.2, -0.15) is 13.2 Å². The van der Waals surface area contributed by atoms with Crippen LogP contribution < -0.4 is 10.5 Å². The lowest BCUT2D eigenvalue weighted by Crippen LogP contribution is -2.40. The first-order valence-electron chi connectivity index (χ1n) is 6.57. The van der Waals surface area contributed by atoms with Gasteiger partial charge in [-0.3, -0.25) is 4.90 Å². The number of anilines is 1. The lowest BCUT2D eigenvalue weighted by molar-refractivity contribution is -0.149. The Morgan fingerprint density at radius 2 is 1.90 bits per heavy atom. The van der Waals surface area contributed by atoms with E-state index in [0.717, 1.165) is 0 Å². The number of nitrogen functional groups attached to an aromatic ring is 1. The highest BCUT2D eigenvalue weighted by atomic mass is 19.4. The molecule has 0 aliphatic heterocycles. The Balaban J connectivity index is 2.36. The zero-order chi connectivity index (χ0) is 15.2. The maximum absolute atomic E-state index is 12.4. The van der Waals surface area contributed by atoms with Gasteiger partial charge in [0.25, 0.3) is 0 Å². The molecule has 0 aromatic heterocycles. The van der Waals surface area contributed by atoms with Crippen LogP contribution in [0, 0.1) is 0 Å². The molecule has 114 valence electrons. The van der Waals surface area contributed by atoms with Gasteiger partial charge in [0.2, 0.25) is 0 Å². The fraction of sp³-hybridized carbons (Fsp3) is 0.571. The summed E-state index contributed by atoms with van der Waals surface area (Å²) in [5.74, 6) is 0.569. The lowest BCUT2D eigenvalue weighted by atomic mass is 10.2. The number of hydrogen-bond donors (Lipinski definition) is 1. The Morgan fingerprint density at radius 1 is 1.25 bits per heavy atom. The molecule has 6 heteroatoms. The fourth-order valence-electron chi connectivity index (χ4n) is 1.81. The van der Waals surface area contributed by atoms with Gasteiger partial charge >= 0.3 is 6.18 Å². The van der Waals surface area contributed by atoms with E-state index in [1.54, 1.807) is 38.1 Å². The maximum Gasteiger partial charge on any atom is 0.401 e. The van der Waals surface area contributed by atoms with Crippen molar-refractivity contribution in [2.45, 2.75) is 32.5 Å². The Morgan fingerprint density at radius 3 is 2.45 bits per heavy atom. The van der Waals surface area contributed by atoms with E-state index in [4.69, 9.17) is 10.5 Å². The van der Waals surface area contributed by atoms with Crippen LogP contribution in [0.4, 0.5) is 18.9 Å². The summed E-state index contributed by atoms with van der Waals surface area (Å²) in [6.45, 7) is 3.29. The Labute approximate surface area is 117 Å². The maximum atomic E-state index is 12.4. The van der Waals surface area contributed by atoms with E-state index in [1.807, 2.05) is 0 Å². The molecule has 2 N–H and O–H groups in total. The third kappa shape index (κ3) is 6.14. The van der Waals surface area contributed by atoms with Crippen LogP contribution in [0.25, 0.3) is 0 Å². The van der Waals surface area contributed by atoms with Gasteiger partial charge in [-0.15, -0.1) is 0 Å². The van der Waals surface area contributed by atoms with Crippen LogP contribution in [0.15, 0.2) is 24.3 Å². The lowest BCUT2D eigenvalue weighted by Gasteiger charge is -2.27. The molecule has 1 aromatic rings. The average molecular weight is 290 g/mol. The molecule has 0 radical (unpaired) electrons. The van der Waals surface area contributed by atoms with Crippen LogP contribution in [0.1, 0.15) is 20.3 Å². The predicted molar refractivity (Wildman–Crippen MR) is 73.7 cm³/mol.